The van der Waals surface area contributed by atoms with Gasteiger partial charge in [-0.25, -0.2) is 4.99 Å². The molecule has 1 aromatic rings. The van der Waals surface area contributed by atoms with Gasteiger partial charge in [-0.2, -0.15) is 0 Å². The van der Waals surface area contributed by atoms with Crippen molar-refractivity contribution in [3.8, 4) is 0 Å². The van der Waals surface area contributed by atoms with Gasteiger partial charge in [0.2, 0.25) is 0 Å². The molecule has 5 nitrogen and oxygen atoms in total. The third-order valence-electron chi connectivity index (χ3n) is 5.47. The molecule has 1 aromatic carbocycles. The predicted molar refractivity (Wildman–Crippen MR) is 105 cm³/mol. The van der Waals surface area contributed by atoms with Crippen molar-refractivity contribution in [3.05, 3.63) is 35.5 Å². The van der Waals surface area contributed by atoms with Crippen molar-refractivity contribution in [3.63, 3.8) is 0 Å². The fourth-order valence-corrected chi connectivity index (χ4v) is 3.54. The minimum Gasteiger partial charge on any atom is -0.351 e. The van der Waals surface area contributed by atoms with Crippen molar-refractivity contribution in [2.75, 3.05) is 38.1 Å². The van der Waals surface area contributed by atoms with E-state index < -0.39 is 0 Å². The summed E-state index contributed by atoms with van der Waals surface area (Å²) in [5.74, 6) is 2.03. The zero-order chi connectivity index (χ0) is 17.6. The molecule has 0 aromatic heterocycles. The first-order valence-electron chi connectivity index (χ1n) is 9.27. The van der Waals surface area contributed by atoms with Crippen LogP contribution in [0.3, 0.4) is 0 Å². The maximum Gasteiger partial charge on any atom is 0.176 e. The zero-order valence-electron chi connectivity index (χ0n) is 15.7. The fourth-order valence-electron chi connectivity index (χ4n) is 3.54. The molecule has 132 valence electrons. The molecule has 1 saturated heterocycles. The number of benzene rings is 1. The van der Waals surface area contributed by atoms with Crippen LogP contribution < -0.4 is 4.90 Å². The minimum absolute atomic E-state index is 0.208. The number of aryl methyl sites for hydroxylation is 1. The first-order valence-corrected chi connectivity index (χ1v) is 9.27. The SMILES string of the molecule is CCc1ccc2c(c1)N1C=C(C)C(C)N=C1C(N1CCN(C)CC1)=N2. The molecule has 3 aliphatic heterocycles. The Morgan fingerprint density at radius 1 is 1.12 bits per heavy atom. The predicted octanol–water partition coefficient (Wildman–Crippen LogP) is 3.05. The van der Waals surface area contributed by atoms with E-state index in [-0.39, 0.29) is 6.04 Å². The number of hydrogen-bond acceptors (Lipinski definition) is 5. The molecule has 0 saturated carbocycles. The van der Waals surface area contributed by atoms with E-state index in [1.807, 2.05) is 0 Å². The van der Waals surface area contributed by atoms with Crippen molar-refractivity contribution in [2.45, 2.75) is 33.2 Å². The van der Waals surface area contributed by atoms with E-state index >= 15 is 0 Å². The Morgan fingerprint density at radius 3 is 2.60 bits per heavy atom. The average molecular weight is 337 g/mol. The van der Waals surface area contributed by atoms with Crippen LogP contribution in [0.15, 0.2) is 40.0 Å². The quantitative estimate of drug-likeness (QED) is 0.790. The number of nitrogens with zero attached hydrogens (tertiary/aromatic N) is 5. The molecule has 0 bridgehead atoms. The molecule has 3 aliphatic rings. The number of hydrogen-bond donors (Lipinski definition) is 0. The smallest absolute Gasteiger partial charge is 0.176 e. The third kappa shape index (κ3) is 2.86. The Labute approximate surface area is 150 Å². The number of fused-ring (bicyclic) bond motifs is 3. The van der Waals surface area contributed by atoms with Crippen LogP contribution in [0.1, 0.15) is 26.3 Å². The minimum atomic E-state index is 0.208. The summed E-state index contributed by atoms with van der Waals surface area (Å²) in [6, 6.07) is 6.81. The highest BCUT2D eigenvalue weighted by Crippen LogP contribution is 2.37. The van der Waals surface area contributed by atoms with Gasteiger partial charge in [0.15, 0.2) is 11.7 Å². The van der Waals surface area contributed by atoms with Gasteiger partial charge in [0.05, 0.1) is 17.4 Å². The zero-order valence-corrected chi connectivity index (χ0v) is 15.7. The normalized spacial score (nSPS) is 23.5. The maximum atomic E-state index is 5.04. The lowest BCUT2D eigenvalue weighted by molar-refractivity contribution is 0.217. The van der Waals surface area contributed by atoms with E-state index in [2.05, 4.69) is 66.9 Å². The number of aliphatic imine (C=N–C) groups is 2. The van der Waals surface area contributed by atoms with Crippen LogP contribution in [-0.2, 0) is 6.42 Å². The fraction of sp³-hybridized carbons (Fsp3) is 0.500. The van der Waals surface area contributed by atoms with E-state index in [9.17, 15) is 0 Å². The standard InChI is InChI=1S/C20H27N5/c1-5-16-6-7-17-18(12-16)25-13-14(2)15(3)21-20(25)19(22-17)24-10-8-23(4)9-11-24/h6-7,12-13,15H,5,8-11H2,1-4H3. The summed E-state index contributed by atoms with van der Waals surface area (Å²) in [6.07, 6.45) is 3.28. The lowest BCUT2D eigenvalue weighted by atomic mass is 10.1. The third-order valence-corrected chi connectivity index (χ3v) is 5.47. The molecule has 1 fully saturated rings. The molecule has 0 N–H and O–H groups in total. The van der Waals surface area contributed by atoms with Crippen molar-refractivity contribution in [1.82, 2.24) is 9.80 Å². The summed E-state index contributed by atoms with van der Waals surface area (Å²) < 4.78 is 0. The maximum absolute atomic E-state index is 5.04. The molecule has 5 heteroatoms. The Balaban J connectivity index is 1.80. The second kappa shape index (κ2) is 6.30. The van der Waals surface area contributed by atoms with Gasteiger partial charge in [0.25, 0.3) is 0 Å². The second-order valence-electron chi connectivity index (χ2n) is 7.27. The topological polar surface area (TPSA) is 34.4 Å². The van der Waals surface area contributed by atoms with Crippen molar-refractivity contribution >= 4 is 23.0 Å². The molecular weight excluding hydrogens is 310 g/mol. The summed E-state index contributed by atoms with van der Waals surface area (Å²) in [7, 11) is 2.18. The second-order valence-corrected chi connectivity index (χ2v) is 7.27. The first-order chi connectivity index (χ1) is 12.1. The Kier molecular flexibility index (Phi) is 4.12. The summed E-state index contributed by atoms with van der Waals surface area (Å²) in [5, 5.41) is 0. The summed E-state index contributed by atoms with van der Waals surface area (Å²) in [4.78, 5) is 17.1. The van der Waals surface area contributed by atoms with Gasteiger partial charge >= 0.3 is 0 Å². The summed E-state index contributed by atoms with van der Waals surface area (Å²) in [6.45, 7) is 10.7. The molecule has 4 rings (SSSR count). The summed E-state index contributed by atoms with van der Waals surface area (Å²) in [5.41, 5.74) is 4.82. The first kappa shape index (κ1) is 16.3. The monoisotopic (exact) mass is 337 g/mol. The van der Waals surface area contributed by atoms with E-state index in [0.29, 0.717) is 0 Å². The van der Waals surface area contributed by atoms with Gasteiger partial charge in [-0.1, -0.05) is 13.0 Å². The highest BCUT2D eigenvalue weighted by atomic mass is 15.3. The van der Waals surface area contributed by atoms with E-state index in [1.165, 1.54) is 11.1 Å². The molecule has 0 amide bonds. The number of piperazine rings is 1. The van der Waals surface area contributed by atoms with Gasteiger partial charge in [-0.15, -0.1) is 0 Å². The van der Waals surface area contributed by atoms with Crippen LogP contribution in [0, 0.1) is 0 Å². The van der Waals surface area contributed by atoms with Crippen molar-refractivity contribution < 1.29 is 0 Å². The molecule has 0 spiro atoms. The number of anilines is 1. The Bertz CT molecular complexity index is 768. The van der Waals surface area contributed by atoms with Gasteiger partial charge in [-0.3, -0.25) is 9.89 Å². The molecular formula is C20H27N5. The van der Waals surface area contributed by atoms with Crippen LogP contribution in [0.4, 0.5) is 11.4 Å². The molecule has 0 radical (unpaired) electrons. The van der Waals surface area contributed by atoms with Crippen molar-refractivity contribution in [1.29, 1.82) is 0 Å². The number of amidine groups is 2. The molecule has 25 heavy (non-hydrogen) atoms. The Morgan fingerprint density at radius 2 is 1.88 bits per heavy atom. The van der Waals surface area contributed by atoms with Gasteiger partial charge in [0, 0.05) is 32.4 Å². The van der Waals surface area contributed by atoms with Crippen LogP contribution in [0.2, 0.25) is 0 Å². The summed E-state index contributed by atoms with van der Waals surface area (Å²) >= 11 is 0. The molecule has 1 unspecified atom stereocenters. The van der Waals surface area contributed by atoms with Crippen LogP contribution in [-0.4, -0.2) is 60.7 Å². The Hall–Kier alpha value is -2.14. The van der Waals surface area contributed by atoms with E-state index in [0.717, 1.165) is 55.6 Å². The van der Waals surface area contributed by atoms with Crippen LogP contribution in [0.25, 0.3) is 0 Å². The number of rotatable bonds is 1. The molecule has 3 heterocycles. The largest absolute Gasteiger partial charge is 0.351 e. The lowest BCUT2D eigenvalue weighted by Gasteiger charge is -2.40. The molecule has 0 aliphatic carbocycles. The number of likely N-dealkylation sites (N-methyl/N-ethyl adjacent to an activating group) is 1. The van der Waals surface area contributed by atoms with Crippen LogP contribution >= 0.6 is 0 Å². The van der Waals surface area contributed by atoms with Crippen molar-refractivity contribution in [2.24, 2.45) is 9.98 Å². The van der Waals surface area contributed by atoms with Gasteiger partial charge in [0.1, 0.15) is 0 Å². The van der Waals surface area contributed by atoms with Gasteiger partial charge in [-0.05, 0) is 50.6 Å². The lowest BCUT2D eigenvalue weighted by Crippen LogP contribution is -2.53. The average Bonchev–Trinajstić information content (AvgIpc) is 2.62. The van der Waals surface area contributed by atoms with E-state index in [1.54, 1.807) is 0 Å². The highest BCUT2D eigenvalue weighted by Gasteiger charge is 2.33. The van der Waals surface area contributed by atoms with Crippen LogP contribution in [0.5, 0.6) is 0 Å². The molecule has 1 atom stereocenters. The van der Waals surface area contributed by atoms with E-state index in [4.69, 9.17) is 9.98 Å². The van der Waals surface area contributed by atoms with Gasteiger partial charge < -0.3 is 9.80 Å². The highest BCUT2D eigenvalue weighted by molar-refractivity contribution is 6.48.